The van der Waals surface area contributed by atoms with Crippen LogP contribution in [0, 0.1) is 0 Å². The molecule has 0 aromatic carbocycles. The summed E-state index contributed by atoms with van der Waals surface area (Å²) in [5, 5.41) is 17.0. The predicted octanol–water partition coefficient (Wildman–Crippen LogP) is 0.960. The van der Waals surface area contributed by atoms with Crippen molar-refractivity contribution in [3.63, 3.8) is 0 Å². The van der Waals surface area contributed by atoms with Gasteiger partial charge in [-0.05, 0) is 19.3 Å². The molecule has 1 aromatic rings. The number of hydrogen-bond donors (Lipinski definition) is 1. The molecule has 5 heteroatoms. The third-order valence-electron chi connectivity index (χ3n) is 4.13. The maximum absolute atomic E-state index is 8.99. The van der Waals surface area contributed by atoms with Gasteiger partial charge in [-0.1, -0.05) is 18.1 Å². The van der Waals surface area contributed by atoms with Crippen LogP contribution in [0.1, 0.15) is 43.8 Å². The molecule has 3 rings (SSSR count). The van der Waals surface area contributed by atoms with Crippen LogP contribution in [-0.4, -0.2) is 44.1 Å². The summed E-state index contributed by atoms with van der Waals surface area (Å²) < 4.78 is 1.93. The SMILES string of the molecule is OCc1cn([C@H]2CCN(C3CCCC3)C2)nn1. The molecule has 1 atom stereocenters. The minimum Gasteiger partial charge on any atom is -0.390 e. The lowest BCUT2D eigenvalue weighted by Crippen LogP contribution is -2.31. The molecule has 0 unspecified atom stereocenters. The average Bonchev–Trinajstić information content (AvgIpc) is 3.09. The third-order valence-corrected chi connectivity index (χ3v) is 4.13. The summed E-state index contributed by atoms with van der Waals surface area (Å²) in [7, 11) is 0. The Morgan fingerprint density at radius 3 is 2.76 bits per heavy atom. The van der Waals surface area contributed by atoms with Gasteiger partial charge in [-0.2, -0.15) is 0 Å². The van der Waals surface area contributed by atoms with E-state index in [1.54, 1.807) is 0 Å². The molecular formula is C12H20N4O. The first-order valence-corrected chi connectivity index (χ1v) is 6.62. The standard InChI is InChI=1S/C12H20N4O/c17-9-10-7-16(14-13-10)12-5-6-15(8-12)11-3-1-2-4-11/h7,11-12,17H,1-6,8-9H2/t12-/m0/s1. The van der Waals surface area contributed by atoms with Crippen LogP contribution in [0.25, 0.3) is 0 Å². The number of nitrogens with zero attached hydrogens (tertiary/aromatic N) is 4. The highest BCUT2D eigenvalue weighted by Gasteiger charge is 2.31. The fourth-order valence-corrected chi connectivity index (χ4v) is 3.15. The Hall–Kier alpha value is -0.940. The fraction of sp³-hybridized carbons (Fsp3) is 0.833. The topological polar surface area (TPSA) is 54.2 Å². The first-order chi connectivity index (χ1) is 8.36. The Bertz CT molecular complexity index is 372. The number of aromatic nitrogens is 3. The summed E-state index contributed by atoms with van der Waals surface area (Å²) in [6.45, 7) is 2.27. The van der Waals surface area contributed by atoms with Crippen LogP contribution in [-0.2, 0) is 6.61 Å². The zero-order valence-corrected chi connectivity index (χ0v) is 10.1. The quantitative estimate of drug-likeness (QED) is 0.849. The van der Waals surface area contributed by atoms with Gasteiger partial charge in [-0.3, -0.25) is 4.90 Å². The lowest BCUT2D eigenvalue weighted by atomic mass is 10.2. The van der Waals surface area contributed by atoms with Gasteiger partial charge < -0.3 is 5.11 Å². The van der Waals surface area contributed by atoms with Gasteiger partial charge in [0.2, 0.25) is 0 Å². The van der Waals surface area contributed by atoms with Gasteiger partial charge in [0.1, 0.15) is 5.69 Å². The number of aliphatic hydroxyl groups is 1. The van der Waals surface area contributed by atoms with Gasteiger partial charge in [0.15, 0.2) is 0 Å². The molecule has 0 radical (unpaired) electrons. The average molecular weight is 236 g/mol. The van der Waals surface area contributed by atoms with Crippen molar-refractivity contribution in [2.45, 2.75) is 50.8 Å². The number of likely N-dealkylation sites (tertiary alicyclic amines) is 1. The van der Waals surface area contributed by atoms with E-state index < -0.39 is 0 Å². The highest BCUT2D eigenvalue weighted by Crippen LogP contribution is 2.30. The highest BCUT2D eigenvalue weighted by atomic mass is 16.3. The molecule has 17 heavy (non-hydrogen) atoms. The second kappa shape index (κ2) is 4.74. The number of hydrogen-bond acceptors (Lipinski definition) is 4. The molecule has 2 fully saturated rings. The molecule has 1 aliphatic heterocycles. The number of aliphatic hydroxyl groups excluding tert-OH is 1. The molecule has 0 bridgehead atoms. The molecule has 2 aliphatic rings. The molecule has 1 saturated carbocycles. The van der Waals surface area contributed by atoms with Gasteiger partial charge in [-0.25, -0.2) is 4.68 Å². The van der Waals surface area contributed by atoms with Crippen molar-refractivity contribution in [2.75, 3.05) is 13.1 Å². The lowest BCUT2D eigenvalue weighted by Gasteiger charge is -2.23. The Morgan fingerprint density at radius 1 is 1.24 bits per heavy atom. The molecule has 1 aliphatic carbocycles. The molecule has 5 nitrogen and oxygen atoms in total. The summed E-state index contributed by atoms with van der Waals surface area (Å²) in [6, 6.07) is 1.25. The summed E-state index contributed by atoms with van der Waals surface area (Å²) in [6.07, 6.45) is 8.55. The van der Waals surface area contributed by atoms with E-state index in [0.717, 1.165) is 19.0 Å². The van der Waals surface area contributed by atoms with Crippen LogP contribution in [0.3, 0.4) is 0 Å². The maximum Gasteiger partial charge on any atom is 0.108 e. The Balaban J connectivity index is 1.62. The van der Waals surface area contributed by atoms with E-state index in [0.29, 0.717) is 11.7 Å². The van der Waals surface area contributed by atoms with Gasteiger partial charge in [0.05, 0.1) is 18.8 Å². The Labute approximate surface area is 101 Å². The smallest absolute Gasteiger partial charge is 0.108 e. The largest absolute Gasteiger partial charge is 0.390 e. The normalized spacial score (nSPS) is 27.0. The molecule has 2 heterocycles. The molecule has 0 amide bonds. The van der Waals surface area contributed by atoms with Crippen LogP contribution < -0.4 is 0 Å². The van der Waals surface area contributed by atoms with Gasteiger partial charge in [0.25, 0.3) is 0 Å². The van der Waals surface area contributed by atoms with Crippen molar-refractivity contribution in [3.05, 3.63) is 11.9 Å². The molecule has 1 aromatic heterocycles. The Morgan fingerprint density at radius 2 is 2.06 bits per heavy atom. The van der Waals surface area contributed by atoms with Crippen LogP contribution >= 0.6 is 0 Å². The summed E-state index contributed by atoms with van der Waals surface area (Å²) in [5.41, 5.74) is 0.671. The Kier molecular flexibility index (Phi) is 3.11. The van der Waals surface area contributed by atoms with Crippen LogP contribution in [0.15, 0.2) is 6.20 Å². The van der Waals surface area contributed by atoms with Crippen molar-refractivity contribution in [3.8, 4) is 0 Å². The van der Waals surface area contributed by atoms with Gasteiger partial charge in [-0.15, -0.1) is 5.10 Å². The second-order valence-corrected chi connectivity index (χ2v) is 5.22. The van der Waals surface area contributed by atoms with Crippen molar-refractivity contribution in [2.24, 2.45) is 0 Å². The first kappa shape index (κ1) is 11.2. The molecular weight excluding hydrogens is 216 g/mol. The fourth-order valence-electron chi connectivity index (χ4n) is 3.15. The van der Waals surface area contributed by atoms with Gasteiger partial charge in [0, 0.05) is 19.1 Å². The van der Waals surface area contributed by atoms with E-state index in [9.17, 15) is 0 Å². The van der Waals surface area contributed by atoms with Crippen molar-refractivity contribution >= 4 is 0 Å². The van der Waals surface area contributed by atoms with E-state index in [2.05, 4.69) is 15.2 Å². The summed E-state index contributed by atoms with van der Waals surface area (Å²) in [4.78, 5) is 2.61. The van der Waals surface area contributed by atoms with Crippen molar-refractivity contribution in [1.29, 1.82) is 0 Å². The zero-order valence-electron chi connectivity index (χ0n) is 10.1. The van der Waals surface area contributed by atoms with Crippen molar-refractivity contribution < 1.29 is 5.11 Å². The molecule has 0 spiro atoms. The maximum atomic E-state index is 8.99. The van der Waals surface area contributed by atoms with Crippen LogP contribution in [0.4, 0.5) is 0 Å². The molecule has 94 valence electrons. The highest BCUT2D eigenvalue weighted by molar-refractivity contribution is 4.93. The third kappa shape index (κ3) is 2.21. The van der Waals surface area contributed by atoms with Crippen LogP contribution in [0.5, 0.6) is 0 Å². The minimum atomic E-state index is -0.0148. The van der Waals surface area contributed by atoms with Gasteiger partial charge >= 0.3 is 0 Å². The summed E-state index contributed by atoms with van der Waals surface area (Å²) >= 11 is 0. The van der Waals surface area contributed by atoms with E-state index in [-0.39, 0.29) is 6.61 Å². The van der Waals surface area contributed by atoms with E-state index in [1.165, 1.54) is 32.2 Å². The van der Waals surface area contributed by atoms with E-state index >= 15 is 0 Å². The van der Waals surface area contributed by atoms with E-state index in [1.807, 2.05) is 10.9 Å². The molecule has 1 saturated heterocycles. The lowest BCUT2D eigenvalue weighted by molar-refractivity contribution is 0.235. The van der Waals surface area contributed by atoms with E-state index in [4.69, 9.17) is 5.11 Å². The monoisotopic (exact) mass is 236 g/mol. The second-order valence-electron chi connectivity index (χ2n) is 5.22. The predicted molar refractivity (Wildman–Crippen MR) is 63.4 cm³/mol. The van der Waals surface area contributed by atoms with Crippen LogP contribution in [0.2, 0.25) is 0 Å². The zero-order chi connectivity index (χ0) is 11.7. The number of rotatable bonds is 3. The van der Waals surface area contributed by atoms with Crippen molar-refractivity contribution in [1.82, 2.24) is 19.9 Å². The summed E-state index contributed by atoms with van der Waals surface area (Å²) in [5.74, 6) is 0. The molecule has 1 N–H and O–H groups in total. The first-order valence-electron chi connectivity index (χ1n) is 6.62. The minimum absolute atomic E-state index is 0.0148.